The molecule has 1 aliphatic rings. The second-order valence-corrected chi connectivity index (χ2v) is 8.17. The lowest BCUT2D eigenvalue weighted by Gasteiger charge is -2.30. The van der Waals surface area contributed by atoms with Gasteiger partial charge in [0.15, 0.2) is 11.9 Å². The molecule has 0 saturated heterocycles. The average molecular weight is 408 g/mol. The number of ether oxygens (including phenoxy) is 1. The Bertz CT molecular complexity index is 919. The molecule has 30 heavy (non-hydrogen) atoms. The van der Waals surface area contributed by atoms with E-state index in [1.54, 1.807) is 43.3 Å². The van der Waals surface area contributed by atoms with E-state index in [0.717, 1.165) is 24.8 Å². The first-order valence-electron chi connectivity index (χ1n) is 10.6. The van der Waals surface area contributed by atoms with Gasteiger partial charge in [-0.25, -0.2) is 4.79 Å². The summed E-state index contributed by atoms with van der Waals surface area (Å²) in [7, 11) is 0. The van der Waals surface area contributed by atoms with Gasteiger partial charge in [-0.05, 0) is 38.7 Å². The van der Waals surface area contributed by atoms with Crippen molar-refractivity contribution in [1.82, 2.24) is 5.32 Å². The monoisotopic (exact) mass is 407 g/mol. The fourth-order valence-corrected chi connectivity index (χ4v) is 3.83. The van der Waals surface area contributed by atoms with E-state index in [9.17, 15) is 14.4 Å². The highest BCUT2D eigenvalue weighted by Crippen LogP contribution is 2.24. The molecule has 3 atom stereocenters. The van der Waals surface area contributed by atoms with Crippen LogP contribution in [0, 0.1) is 12.8 Å². The fourth-order valence-electron chi connectivity index (χ4n) is 3.83. The van der Waals surface area contributed by atoms with Crippen LogP contribution in [-0.2, 0) is 9.53 Å². The van der Waals surface area contributed by atoms with Gasteiger partial charge in [0.1, 0.15) is 0 Å². The van der Waals surface area contributed by atoms with Crippen LogP contribution in [0.25, 0.3) is 0 Å². The number of ketones is 1. The van der Waals surface area contributed by atoms with Gasteiger partial charge in [0.25, 0.3) is 5.91 Å². The lowest BCUT2D eigenvalue weighted by molar-refractivity contribution is -0.130. The van der Waals surface area contributed by atoms with Gasteiger partial charge in [0, 0.05) is 17.2 Å². The zero-order chi connectivity index (χ0) is 21.7. The van der Waals surface area contributed by atoms with Crippen molar-refractivity contribution in [1.29, 1.82) is 0 Å². The van der Waals surface area contributed by atoms with Gasteiger partial charge in [0.2, 0.25) is 0 Å². The van der Waals surface area contributed by atoms with Crippen LogP contribution in [-0.4, -0.2) is 29.8 Å². The summed E-state index contributed by atoms with van der Waals surface area (Å²) in [6.07, 6.45) is 3.38. The quantitative estimate of drug-likeness (QED) is 0.567. The normalized spacial score (nSPS) is 19.6. The fraction of sp³-hybridized carbons (Fsp3) is 0.400. The molecular formula is C25H29NO4. The molecule has 1 saturated carbocycles. The number of hydrogen-bond acceptors (Lipinski definition) is 4. The summed E-state index contributed by atoms with van der Waals surface area (Å²) >= 11 is 0. The van der Waals surface area contributed by atoms with Crippen molar-refractivity contribution >= 4 is 17.7 Å². The van der Waals surface area contributed by atoms with E-state index >= 15 is 0 Å². The maximum absolute atomic E-state index is 12.9. The number of amides is 1. The van der Waals surface area contributed by atoms with E-state index in [1.165, 1.54) is 6.42 Å². The molecule has 3 rings (SSSR count). The third kappa shape index (κ3) is 5.15. The molecule has 1 aliphatic carbocycles. The Labute approximate surface area is 177 Å². The highest BCUT2D eigenvalue weighted by Gasteiger charge is 2.27. The number of nitrogens with one attached hydrogen (secondary N) is 1. The van der Waals surface area contributed by atoms with E-state index in [4.69, 9.17) is 4.74 Å². The topological polar surface area (TPSA) is 72.5 Å². The smallest absolute Gasteiger partial charge is 0.339 e. The summed E-state index contributed by atoms with van der Waals surface area (Å²) in [5, 5.41) is 3.01. The van der Waals surface area contributed by atoms with Gasteiger partial charge in [-0.3, -0.25) is 9.59 Å². The molecule has 0 bridgehead atoms. The van der Waals surface area contributed by atoms with Crippen molar-refractivity contribution < 1.29 is 19.1 Å². The zero-order valence-electron chi connectivity index (χ0n) is 17.8. The molecule has 158 valence electrons. The highest BCUT2D eigenvalue weighted by molar-refractivity contribution is 6.14. The van der Waals surface area contributed by atoms with Crippen LogP contribution < -0.4 is 5.32 Å². The minimum atomic E-state index is -0.936. The minimum Gasteiger partial charge on any atom is -0.449 e. The summed E-state index contributed by atoms with van der Waals surface area (Å²) < 4.78 is 5.42. The lowest BCUT2D eigenvalue weighted by Crippen LogP contribution is -2.46. The predicted octanol–water partition coefficient (Wildman–Crippen LogP) is 4.47. The van der Waals surface area contributed by atoms with Gasteiger partial charge in [-0.2, -0.15) is 0 Å². The van der Waals surface area contributed by atoms with Crippen LogP contribution in [0.15, 0.2) is 48.5 Å². The lowest BCUT2D eigenvalue weighted by atomic mass is 9.86. The van der Waals surface area contributed by atoms with Gasteiger partial charge in [0.05, 0.1) is 5.56 Å². The molecule has 1 fully saturated rings. The number of carbonyl (C=O) groups is 3. The number of esters is 1. The second kappa shape index (κ2) is 9.70. The van der Waals surface area contributed by atoms with Crippen molar-refractivity contribution in [2.24, 2.45) is 5.92 Å². The molecule has 0 radical (unpaired) electrons. The van der Waals surface area contributed by atoms with Crippen LogP contribution in [0.3, 0.4) is 0 Å². The third-order valence-electron chi connectivity index (χ3n) is 5.80. The van der Waals surface area contributed by atoms with Crippen LogP contribution in [0.1, 0.15) is 71.4 Å². The largest absolute Gasteiger partial charge is 0.449 e. The third-order valence-corrected chi connectivity index (χ3v) is 5.80. The summed E-state index contributed by atoms with van der Waals surface area (Å²) in [6, 6.07) is 13.8. The van der Waals surface area contributed by atoms with E-state index in [2.05, 4.69) is 12.2 Å². The second-order valence-electron chi connectivity index (χ2n) is 8.17. The standard InChI is InChI=1S/C25H29NO4/c1-16-12-14-19(15-13-16)23(27)20-9-5-6-10-21(20)25(29)30-18(3)24(28)26-22-11-7-4-8-17(22)2/h5-6,9-10,12-15,17-18,22H,4,7-8,11H2,1-3H3,(H,26,28)/t17-,18-,22+/m0/s1. The van der Waals surface area contributed by atoms with Crippen molar-refractivity contribution in [2.75, 3.05) is 0 Å². The number of benzene rings is 2. The molecule has 0 spiro atoms. The van der Waals surface area contributed by atoms with E-state index in [1.807, 2.05) is 19.1 Å². The van der Waals surface area contributed by atoms with Crippen LogP contribution in [0.4, 0.5) is 0 Å². The number of hydrogen-bond donors (Lipinski definition) is 1. The summed E-state index contributed by atoms with van der Waals surface area (Å²) in [6.45, 7) is 5.64. The maximum Gasteiger partial charge on any atom is 0.339 e. The number of aryl methyl sites for hydroxylation is 1. The van der Waals surface area contributed by atoms with E-state index < -0.39 is 12.1 Å². The van der Waals surface area contributed by atoms with Crippen LogP contribution in [0.5, 0.6) is 0 Å². The molecule has 2 aromatic carbocycles. The Hall–Kier alpha value is -2.95. The molecule has 5 heteroatoms. The van der Waals surface area contributed by atoms with Crippen molar-refractivity contribution in [3.63, 3.8) is 0 Å². The Kier molecular flexibility index (Phi) is 7.03. The predicted molar refractivity (Wildman–Crippen MR) is 115 cm³/mol. The van der Waals surface area contributed by atoms with Crippen LogP contribution in [0.2, 0.25) is 0 Å². The molecule has 5 nitrogen and oxygen atoms in total. The van der Waals surface area contributed by atoms with E-state index in [0.29, 0.717) is 11.5 Å². The van der Waals surface area contributed by atoms with Crippen LogP contribution >= 0.6 is 0 Å². The van der Waals surface area contributed by atoms with Gasteiger partial charge in [-0.15, -0.1) is 0 Å². The number of rotatable bonds is 6. The van der Waals surface area contributed by atoms with Gasteiger partial charge >= 0.3 is 5.97 Å². The minimum absolute atomic E-state index is 0.114. The highest BCUT2D eigenvalue weighted by atomic mass is 16.5. The number of carbonyl (C=O) groups excluding carboxylic acids is 3. The molecule has 1 N–H and O–H groups in total. The van der Waals surface area contributed by atoms with Gasteiger partial charge < -0.3 is 10.1 Å². The summed E-state index contributed by atoms with van der Waals surface area (Å²) in [4.78, 5) is 38.2. The van der Waals surface area contributed by atoms with E-state index in [-0.39, 0.29) is 28.9 Å². The Morgan fingerprint density at radius 2 is 1.60 bits per heavy atom. The Morgan fingerprint density at radius 3 is 2.27 bits per heavy atom. The molecule has 0 aromatic heterocycles. The molecule has 2 aromatic rings. The zero-order valence-corrected chi connectivity index (χ0v) is 17.8. The summed E-state index contributed by atoms with van der Waals surface area (Å²) in [5.74, 6) is -0.816. The van der Waals surface area contributed by atoms with Crippen molar-refractivity contribution in [3.8, 4) is 0 Å². The molecular weight excluding hydrogens is 378 g/mol. The summed E-state index contributed by atoms with van der Waals surface area (Å²) in [5.41, 5.74) is 1.97. The van der Waals surface area contributed by atoms with Gasteiger partial charge in [-0.1, -0.05) is 67.8 Å². The molecule has 0 heterocycles. The first kappa shape index (κ1) is 21.8. The van der Waals surface area contributed by atoms with Crippen molar-refractivity contribution in [3.05, 3.63) is 70.8 Å². The maximum atomic E-state index is 12.9. The van der Waals surface area contributed by atoms with Crippen molar-refractivity contribution in [2.45, 2.75) is 58.6 Å². The Morgan fingerprint density at radius 1 is 0.967 bits per heavy atom. The SMILES string of the molecule is Cc1ccc(C(=O)c2ccccc2C(=O)O[C@@H](C)C(=O)N[C@@H]2CCCC[C@@H]2C)cc1. The Balaban J connectivity index is 1.70. The molecule has 1 amide bonds. The molecule has 0 unspecified atom stereocenters. The molecule has 0 aliphatic heterocycles. The average Bonchev–Trinajstić information content (AvgIpc) is 2.75. The first-order chi connectivity index (χ1) is 14.4. The first-order valence-corrected chi connectivity index (χ1v) is 10.6.